The zero-order valence-electron chi connectivity index (χ0n) is 12.2. The van der Waals surface area contributed by atoms with Gasteiger partial charge in [-0.05, 0) is 49.9 Å². The van der Waals surface area contributed by atoms with Crippen LogP contribution < -0.4 is 5.32 Å². The quantitative estimate of drug-likeness (QED) is 0.757. The first-order chi connectivity index (χ1) is 9.99. The monoisotopic (exact) mass is 308 g/mol. The van der Waals surface area contributed by atoms with E-state index in [1.54, 1.807) is 11.4 Å². The zero-order valence-corrected chi connectivity index (χ0v) is 13.0. The normalized spacial score (nSPS) is 16.3. The molecule has 1 atom stereocenters. The Balaban J connectivity index is 1.91. The van der Waals surface area contributed by atoms with Crippen LogP contribution in [0.2, 0.25) is 0 Å². The molecule has 5 nitrogen and oxygen atoms in total. The lowest BCUT2D eigenvalue weighted by Gasteiger charge is -2.24. The molecule has 1 aromatic heterocycles. The molecule has 1 aliphatic rings. The Hall–Kier alpha value is -1.66. The average molecular weight is 308 g/mol. The number of likely N-dealkylation sites (N-methyl/N-ethyl adjacent to an activating group) is 1. The highest BCUT2D eigenvalue weighted by Crippen LogP contribution is 2.26. The number of hydrogen-bond donors (Lipinski definition) is 2. The number of hydrogen-bond acceptors (Lipinski definition) is 4. The second-order valence-electron chi connectivity index (χ2n) is 5.33. The standard InChI is InChI=1S/C15H20N2O3S/c1-10(17(2)12-4-5-12)9-16-15(20)14-11(7-8-21-14)3-6-13(18)19/h3,6-8,10,12H,4-5,9H2,1-2H3,(H,16,20)(H,18,19)/b6-3+. The number of rotatable bonds is 7. The predicted octanol–water partition coefficient (Wildman–Crippen LogP) is 2.06. The van der Waals surface area contributed by atoms with Crippen molar-refractivity contribution in [2.75, 3.05) is 13.6 Å². The number of thiophene rings is 1. The fourth-order valence-electron chi connectivity index (χ4n) is 2.10. The minimum Gasteiger partial charge on any atom is -0.478 e. The Labute approximate surface area is 128 Å². The van der Waals surface area contributed by atoms with E-state index in [1.165, 1.54) is 30.3 Å². The Morgan fingerprint density at radius 1 is 1.57 bits per heavy atom. The second kappa shape index (κ2) is 6.87. The molecule has 1 aromatic rings. The van der Waals surface area contributed by atoms with Gasteiger partial charge in [0.15, 0.2) is 0 Å². The molecule has 2 N–H and O–H groups in total. The lowest BCUT2D eigenvalue weighted by atomic mass is 10.2. The maximum absolute atomic E-state index is 12.2. The molecule has 114 valence electrons. The van der Waals surface area contributed by atoms with Gasteiger partial charge in [0.1, 0.15) is 0 Å². The van der Waals surface area contributed by atoms with E-state index in [2.05, 4.69) is 24.2 Å². The van der Waals surface area contributed by atoms with E-state index in [0.29, 0.717) is 29.1 Å². The minimum absolute atomic E-state index is 0.147. The van der Waals surface area contributed by atoms with E-state index in [9.17, 15) is 9.59 Å². The molecule has 1 unspecified atom stereocenters. The Bertz CT molecular complexity index is 549. The van der Waals surface area contributed by atoms with Crippen molar-refractivity contribution in [3.05, 3.63) is 28.0 Å². The molecule has 0 radical (unpaired) electrons. The average Bonchev–Trinajstić information content (AvgIpc) is 3.19. The molecular formula is C15H20N2O3S. The predicted molar refractivity (Wildman–Crippen MR) is 83.6 cm³/mol. The smallest absolute Gasteiger partial charge is 0.328 e. The van der Waals surface area contributed by atoms with Crippen molar-refractivity contribution in [3.8, 4) is 0 Å². The number of nitrogens with one attached hydrogen (secondary N) is 1. The first-order valence-electron chi connectivity index (χ1n) is 6.97. The number of carboxylic acid groups (broad SMARTS) is 1. The van der Waals surface area contributed by atoms with Gasteiger partial charge >= 0.3 is 5.97 Å². The minimum atomic E-state index is -1.02. The summed E-state index contributed by atoms with van der Waals surface area (Å²) in [7, 11) is 2.08. The number of carbonyl (C=O) groups is 2. The molecule has 1 amide bonds. The second-order valence-corrected chi connectivity index (χ2v) is 6.25. The molecule has 1 aliphatic carbocycles. The zero-order chi connectivity index (χ0) is 15.4. The maximum Gasteiger partial charge on any atom is 0.328 e. The van der Waals surface area contributed by atoms with Crippen molar-refractivity contribution in [1.82, 2.24) is 10.2 Å². The maximum atomic E-state index is 12.2. The number of aliphatic carboxylic acids is 1. The van der Waals surface area contributed by atoms with Gasteiger partial charge in [0.2, 0.25) is 0 Å². The summed E-state index contributed by atoms with van der Waals surface area (Å²) in [5, 5.41) is 13.4. The van der Waals surface area contributed by atoms with Gasteiger partial charge in [0, 0.05) is 24.7 Å². The van der Waals surface area contributed by atoms with E-state index in [-0.39, 0.29) is 5.91 Å². The van der Waals surface area contributed by atoms with Crippen LogP contribution in [0.1, 0.15) is 35.0 Å². The molecular weight excluding hydrogens is 288 g/mol. The van der Waals surface area contributed by atoms with Crippen LogP contribution in [0, 0.1) is 0 Å². The summed E-state index contributed by atoms with van der Waals surface area (Å²) in [6.45, 7) is 2.68. The van der Waals surface area contributed by atoms with E-state index in [4.69, 9.17) is 5.11 Å². The summed E-state index contributed by atoms with van der Waals surface area (Å²) < 4.78 is 0. The lowest BCUT2D eigenvalue weighted by Crippen LogP contribution is -2.41. The van der Waals surface area contributed by atoms with Crippen molar-refractivity contribution in [2.24, 2.45) is 0 Å². The summed E-state index contributed by atoms with van der Waals surface area (Å²) in [4.78, 5) is 25.6. The highest BCUT2D eigenvalue weighted by atomic mass is 32.1. The summed E-state index contributed by atoms with van der Waals surface area (Å²) in [6, 6.07) is 2.70. The molecule has 2 rings (SSSR count). The third-order valence-corrected chi connectivity index (χ3v) is 4.61. The van der Waals surface area contributed by atoms with Crippen LogP contribution in [0.15, 0.2) is 17.5 Å². The highest BCUT2D eigenvalue weighted by Gasteiger charge is 2.29. The van der Waals surface area contributed by atoms with Crippen LogP contribution in [-0.2, 0) is 4.79 Å². The van der Waals surface area contributed by atoms with Crippen LogP contribution in [-0.4, -0.2) is 47.6 Å². The van der Waals surface area contributed by atoms with Gasteiger partial charge < -0.3 is 10.4 Å². The number of carbonyl (C=O) groups excluding carboxylic acids is 1. The van der Waals surface area contributed by atoms with E-state index < -0.39 is 5.97 Å². The van der Waals surface area contributed by atoms with Crippen molar-refractivity contribution >= 4 is 29.3 Å². The molecule has 0 aromatic carbocycles. The lowest BCUT2D eigenvalue weighted by molar-refractivity contribution is -0.131. The van der Waals surface area contributed by atoms with Gasteiger partial charge in [-0.15, -0.1) is 11.3 Å². The summed E-state index contributed by atoms with van der Waals surface area (Å²) in [6.07, 6.45) is 4.98. The van der Waals surface area contributed by atoms with Gasteiger partial charge in [0.25, 0.3) is 5.91 Å². The molecule has 0 saturated heterocycles. The largest absolute Gasteiger partial charge is 0.478 e. The molecule has 1 fully saturated rings. The number of carboxylic acids is 1. The van der Waals surface area contributed by atoms with Crippen LogP contribution in [0.25, 0.3) is 6.08 Å². The molecule has 0 bridgehead atoms. The molecule has 0 aliphatic heterocycles. The van der Waals surface area contributed by atoms with E-state index in [1.807, 2.05) is 0 Å². The fourth-order valence-corrected chi connectivity index (χ4v) is 2.90. The molecule has 21 heavy (non-hydrogen) atoms. The fraction of sp³-hybridized carbons (Fsp3) is 0.467. The van der Waals surface area contributed by atoms with Crippen molar-refractivity contribution in [3.63, 3.8) is 0 Å². The highest BCUT2D eigenvalue weighted by molar-refractivity contribution is 7.12. The first kappa shape index (κ1) is 15.7. The molecule has 6 heteroatoms. The van der Waals surface area contributed by atoms with Crippen LogP contribution >= 0.6 is 11.3 Å². The number of amides is 1. The molecule has 1 heterocycles. The molecule has 0 spiro atoms. The Kier molecular flexibility index (Phi) is 5.14. The topological polar surface area (TPSA) is 69.6 Å². The van der Waals surface area contributed by atoms with Crippen LogP contribution in [0.5, 0.6) is 0 Å². The summed E-state index contributed by atoms with van der Waals surface area (Å²) in [5.74, 6) is -1.17. The SMILES string of the molecule is CC(CNC(=O)c1sccc1/C=C/C(=O)O)N(C)C1CC1. The van der Waals surface area contributed by atoms with Crippen molar-refractivity contribution < 1.29 is 14.7 Å². The third-order valence-electron chi connectivity index (χ3n) is 3.68. The summed E-state index contributed by atoms with van der Waals surface area (Å²) >= 11 is 1.32. The van der Waals surface area contributed by atoms with Gasteiger partial charge in [-0.2, -0.15) is 0 Å². The van der Waals surface area contributed by atoms with E-state index in [0.717, 1.165) is 6.08 Å². The molecule has 1 saturated carbocycles. The third kappa shape index (κ3) is 4.41. The van der Waals surface area contributed by atoms with E-state index >= 15 is 0 Å². The van der Waals surface area contributed by atoms with Gasteiger partial charge in [-0.1, -0.05) is 0 Å². The van der Waals surface area contributed by atoms with Crippen molar-refractivity contribution in [2.45, 2.75) is 31.8 Å². The summed E-state index contributed by atoms with van der Waals surface area (Å²) in [5.41, 5.74) is 0.642. The number of nitrogens with zero attached hydrogens (tertiary/aromatic N) is 1. The Morgan fingerprint density at radius 2 is 2.29 bits per heavy atom. The van der Waals surface area contributed by atoms with Gasteiger partial charge in [-0.25, -0.2) is 4.79 Å². The Morgan fingerprint density at radius 3 is 2.90 bits per heavy atom. The van der Waals surface area contributed by atoms with Crippen LogP contribution in [0.4, 0.5) is 0 Å². The van der Waals surface area contributed by atoms with Gasteiger partial charge in [0.05, 0.1) is 4.88 Å². The van der Waals surface area contributed by atoms with Crippen LogP contribution in [0.3, 0.4) is 0 Å². The van der Waals surface area contributed by atoms with Gasteiger partial charge in [-0.3, -0.25) is 9.69 Å². The first-order valence-corrected chi connectivity index (χ1v) is 7.85. The van der Waals surface area contributed by atoms with Crippen molar-refractivity contribution in [1.29, 1.82) is 0 Å².